The molecule has 3 rings (SSSR count). The van der Waals surface area contributed by atoms with Crippen LogP contribution in [0.3, 0.4) is 0 Å². The molecule has 1 amide bonds. The maximum Gasteiger partial charge on any atom is 0.269 e. The summed E-state index contributed by atoms with van der Waals surface area (Å²) >= 11 is 0. The lowest BCUT2D eigenvalue weighted by Crippen LogP contribution is -2.45. The first-order valence-electron chi connectivity index (χ1n) is 8.01. The van der Waals surface area contributed by atoms with Crippen molar-refractivity contribution < 1.29 is 9.90 Å². The summed E-state index contributed by atoms with van der Waals surface area (Å²) in [7, 11) is 0. The summed E-state index contributed by atoms with van der Waals surface area (Å²) in [6.07, 6.45) is 5.76. The third-order valence-electron chi connectivity index (χ3n) is 4.45. The fourth-order valence-corrected chi connectivity index (χ4v) is 3.13. The predicted molar refractivity (Wildman–Crippen MR) is 87.0 cm³/mol. The van der Waals surface area contributed by atoms with Crippen molar-refractivity contribution in [3.63, 3.8) is 0 Å². The molecule has 122 valence electrons. The van der Waals surface area contributed by atoms with Gasteiger partial charge < -0.3 is 10.4 Å². The van der Waals surface area contributed by atoms with E-state index < -0.39 is 5.60 Å². The maximum atomic E-state index is 12.2. The average Bonchev–Trinajstić information content (AvgIpc) is 2.56. The second kappa shape index (κ2) is 6.50. The Morgan fingerprint density at radius 3 is 2.78 bits per heavy atom. The molecule has 1 heterocycles. The number of rotatable bonds is 4. The van der Waals surface area contributed by atoms with Crippen molar-refractivity contribution >= 4 is 16.9 Å². The topological polar surface area (TPSA) is 84.2 Å². The van der Waals surface area contributed by atoms with Gasteiger partial charge in [0.25, 0.3) is 5.56 Å². The van der Waals surface area contributed by atoms with Gasteiger partial charge in [-0.1, -0.05) is 31.4 Å². The minimum absolute atomic E-state index is 0.0715. The lowest BCUT2D eigenvalue weighted by atomic mass is 9.85. The number of hydrogen-bond acceptors (Lipinski definition) is 4. The van der Waals surface area contributed by atoms with E-state index in [-0.39, 0.29) is 24.6 Å². The zero-order valence-electron chi connectivity index (χ0n) is 13.0. The first-order chi connectivity index (χ1) is 11.1. The Hall–Kier alpha value is -2.21. The number of amides is 1. The van der Waals surface area contributed by atoms with E-state index in [1.807, 2.05) is 12.1 Å². The Kier molecular flexibility index (Phi) is 4.43. The van der Waals surface area contributed by atoms with Crippen LogP contribution in [0, 0.1) is 0 Å². The Morgan fingerprint density at radius 1 is 1.26 bits per heavy atom. The van der Waals surface area contributed by atoms with Gasteiger partial charge in [0, 0.05) is 6.54 Å². The molecule has 0 atom stereocenters. The molecule has 2 N–H and O–H groups in total. The highest BCUT2D eigenvalue weighted by molar-refractivity contribution is 5.79. The first kappa shape index (κ1) is 15.7. The maximum absolute atomic E-state index is 12.2. The van der Waals surface area contributed by atoms with Gasteiger partial charge in [-0.25, -0.2) is 4.98 Å². The van der Waals surface area contributed by atoms with Crippen LogP contribution in [-0.4, -0.2) is 32.7 Å². The molecule has 0 saturated heterocycles. The lowest BCUT2D eigenvalue weighted by Gasteiger charge is -2.32. The van der Waals surface area contributed by atoms with Crippen LogP contribution >= 0.6 is 0 Å². The monoisotopic (exact) mass is 315 g/mol. The number of nitrogens with one attached hydrogen (secondary N) is 1. The van der Waals surface area contributed by atoms with Crippen LogP contribution < -0.4 is 10.9 Å². The highest BCUT2D eigenvalue weighted by Crippen LogP contribution is 2.27. The fourth-order valence-electron chi connectivity index (χ4n) is 3.13. The average molecular weight is 315 g/mol. The molecular formula is C17H21N3O3. The fraction of sp³-hybridized carbons (Fsp3) is 0.471. The van der Waals surface area contributed by atoms with E-state index in [0.29, 0.717) is 23.9 Å². The molecule has 2 aromatic rings. The van der Waals surface area contributed by atoms with Crippen molar-refractivity contribution in [2.45, 2.75) is 44.2 Å². The number of aromatic nitrogens is 2. The van der Waals surface area contributed by atoms with E-state index in [4.69, 9.17) is 0 Å². The number of hydrogen-bond donors (Lipinski definition) is 2. The molecule has 1 fully saturated rings. The predicted octanol–water partition coefficient (Wildman–Crippen LogP) is 1.21. The largest absolute Gasteiger partial charge is 0.388 e. The second-order valence-electron chi connectivity index (χ2n) is 6.23. The minimum atomic E-state index is -0.806. The molecule has 1 aromatic heterocycles. The van der Waals surface area contributed by atoms with Gasteiger partial charge in [-0.2, -0.15) is 0 Å². The summed E-state index contributed by atoms with van der Waals surface area (Å²) in [6, 6.07) is 7.21. The Morgan fingerprint density at radius 2 is 2.00 bits per heavy atom. The zero-order chi connectivity index (χ0) is 16.3. The van der Waals surface area contributed by atoms with Crippen LogP contribution in [0.5, 0.6) is 0 Å². The molecule has 1 aliphatic carbocycles. The van der Waals surface area contributed by atoms with Crippen LogP contribution in [0.15, 0.2) is 35.3 Å². The van der Waals surface area contributed by atoms with Crippen LogP contribution in [0.4, 0.5) is 0 Å². The second-order valence-corrected chi connectivity index (χ2v) is 6.23. The Balaban J connectivity index is 1.71. The highest BCUT2D eigenvalue weighted by atomic mass is 16.3. The summed E-state index contributed by atoms with van der Waals surface area (Å²) < 4.78 is 1.41. The molecule has 0 spiro atoms. The molecule has 1 aliphatic rings. The third kappa shape index (κ3) is 3.59. The number of para-hydroxylation sites is 2. The molecule has 1 aromatic carbocycles. The summed E-state index contributed by atoms with van der Waals surface area (Å²) in [5, 5.41) is 13.2. The molecule has 1 saturated carbocycles. The normalized spacial score (nSPS) is 17.1. The van der Waals surface area contributed by atoms with Gasteiger partial charge in [-0.15, -0.1) is 0 Å². The van der Waals surface area contributed by atoms with Crippen LogP contribution in [0.25, 0.3) is 11.0 Å². The van der Waals surface area contributed by atoms with E-state index in [1.165, 1.54) is 10.8 Å². The summed E-state index contributed by atoms with van der Waals surface area (Å²) in [5.41, 5.74) is 0.187. The first-order valence-corrected chi connectivity index (χ1v) is 8.01. The molecule has 23 heavy (non-hydrogen) atoms. The van der Waals surface area contributed by atoms with Gasteiger partial charge in [-0.05, 0) is 25.0 Å². The standard InChI is InChI=1S/C17H21N3O3/c21-15(19-12-17(23)8-4-1-5-9-17)11-20-14-7-3-2-6-13(14)18-10-16(20)22/h2-3,6-7,10,23H,1,4-5,8-9,11-12H2,(H,19,21). The lowest BCUT2D eigenvalue weighted by molar-refractivity contribution is -0.123. The van der Waals surface area contributed by atoms with Gasteiger partial charge in [-0.3, -0.25) is 14.2 Å². The molecular weight excluding hydrogens is 294 g/mol. The van der Waals surface area contributed by atoms with E-state index >= 15 is 0 Å². The van der Waals surface area contributed by atoms with Crippen LogP contribution in [-0.2, 0) is 11.3 Å². The smallest absolute Gasteiger partial charge is 0.269 e. The van der Waals surface area contributed by atoms with Gasteiger partial charge in [0.2, 0.25) is 5.91 Å². The van der Waals surface area contributed by atoms with Crippen molar-refractivity contribution in [3.8, 4) is 0 Å². The van der Waals surface area contributed by atoms with E-state index in [1.54, 1.807) is 12.1 Å². The van der Waals surface area contributed by atoms with E-state index in [0.717, 1.165) is 19.3 Å². The molecule has 0 unspecified atom stereocenters. The summed E-state index contributed by atoms with van der Waals surface area (Å²) in [5.74, 6) is -0.276. The van der Waals surface area contributed by atoms with Crippen molar-refractivity contribution in [3.05, 3.63) is 40.8 Å². The third-order valence-corrected chi connectivity index (χ3v) is 4.45. The van der Waals surface area contributed by atoms with Gasteiger partial charge in [0.1, 0.15) is 6.54 Å². The van der Waals surface area contributed by atoms with E-state index in [9.17, 15) is 14.7 Å². The Labute approximate surface area is 134 Å². The Bertz CT molecular complexity index is 763. The summed E-state index contributed by atoms with van der Waals surface area (Å²) in [6.45, 7) is 0.168. The molecule has 6 heteroatoms. The van der Waals surface area contributed by atoms with E-state index in [2.05, 4.69) is 10.3 Å². The van der Waals surface area contributed by atoms with Gasteiger partial charge >= 0.3 is 0 Å². The summed E-state index contributed by atoms with van der Waals surface area (Å²) in [4.78, 5) is 28.3. The van der Waals surface area contributed by atoms with Crippen molar-refractivity contribution in [2.24, 2.45) is 0 Å². The zero-order valence-corrected chi connectivity index (χ0v) is 13.0. The number of carbonyl (C=O) groups excluding carboxylic acids is 1. The van der Waals surface area contributed by atoms with Crippen LogP contribution in [0.1, 0.15) is 32.1 Å². The number of aliphatic hydroxyl groups is 1. The number of nitrogens with zero attached hydrogens (tertiary/aromatic N) is 2. The molecule has 0 radical (unpaired) electrons. The molecule has 0 aliphatic heterocycles. The molecule has 6 nitrogen and oxygen atoms in total. The number of fused-ring (bicyclic) bond motifs is 1. The van der Waals surface area contributed by atoms with Crippen LogP contribution in [0.2, 0.25) is 0 Å². The van der Waals surface area contributed by atoms with Crippen molar-refractivity contribution in [1.29, 1.82) is 0 Å². The number of benzene rings is 1. The van der Waals surface area contributed by atoms with Crippen molar-refractivity contribution in [2.75, 3.05) is 6.54 Å². The minimum Gasteiger partial charge on any atom is -0.388 e. The van der Waals surface area contributed by atoms with Crippen molar-refractivity contribution in [1.82, 2.24) is 14.9 Å². The van der Waals surface area contributed by atoms with Gasteiger partial charge in [0.15, 0.2) is 0 Å². The highest BCUT2D eigenvalue weighted by Gasteiger charge is 2.29. The van der Waals surface area contributed by atoms with Gasteiger partial charge in [0.05, 0.1) is 22.8 Å². The quantitative estimate of drug-likeness (QED) is 0.888. The number of carbonyl (C=O) groups is 1. The SMILES string of the molecule is O=C(Cn1c(=O)cnc2ccccc21)NCC1(O)CCCCC1. The molecule has 0 bridgehead atoms.